The van der Waals surface area contributed by atoms with Crippen LogP contribution in [0.4, 0.5) is 0 Å². The maximum Gasteiger partial charge on any atom is 0.339 e. The molecule has 0 spiro atoms. The van der Waals surface area contributed by atoms with E-state index in [9.17, 15) is 14.9 Å². The summed E-state index contributed by atoms with van der Waals surface area (Å²) in [7, 11) is 0. The summed E-state index contributed by atoms with van der Waals surface area (Å²) in [5, 5.41) is 9.71. The zero-order chi connectivity index (χ0) is 20.2. The van der Waals surface area contributed by atoms with Crippen molar-refractivity contribution in [3.05, 3.63) is 75.8 Å². The number of rotatable bonds is 7. The number of hydrogen-bond donors (Lipinski definition) is 0. The van der Waals surface area contributed by atoms with Crippen molar-refractivity contribution in [3.8, 4) is 0 Å². The topological polar surface area (TPSA) is 97.1 Å². The molecule has 0 N–H and O–H groups in total. The quantitative estimate of drug-likeness (QED) is 0.294. The lowest BCUT2D eigenvalue weighted by molar-refractivity contribution is -0.769. The normalized spacial score (nSPS) is 25.4. The van der Waals surface area contributed by atoms with E-state index in [1.807, 2.05) is 42.5 Å². The molecule has 4 atom stereocenters. The number of carbonyl (C=O) groups is 1. The second-order valence-corrected chi connectivity index (χ2v) is 7.69. The van der Waals surface area contributed by atoms with Crippen molar-refractivity contribution in [2.75, 3.05) is 13.2 Å². The lowest BCUT2D eigenvalue weighted by Gasteiger charge is -2.17. The van der Waals surface area contributed by atoms with Gasteiger partial charge in [-0.25, -0.2) is 4.79 Å². The Morgan fingerprint density at radius 1 is 1.03 bits per heavy atom. The largest absolute Gasteiger partial charge is 0.453 e. The first kappa shape index (κ1) is 19.7. The van der Waals surface area contributed by atoms with E-state index in [0.717, 1.165) is 16.2 Å². The van der Waals surface area contributed by atoms with Gasteiger partial charge in [-0.1, -0.05) is 42.5 Å². The first-order valence-corrected chi connectivity index (χ1v) is 10.1. The molecule has 2 aromatic rings. The van der Waals surface area contributed by atoms with E-state index < -0.39 is 35.5 Å². The van der Waals surface area contributed by atoms with Gasteiger partial charge in [-0.3, -0.25) is 0 Å². The van der Waals surface area contributed by atoms with E-state index in [4.69, 9.17) is 14.2 Å². The van der Waals surface area contributed by atoms with Gasteiger partial charge in [0.15, 0.2) is 12.2 Å². The van der Waals surface area contributed by atoms with Crippen LogP contribution in [-0.2, 0) is 24.8 Å². The summed E-state index contributed by atoms with van der Waals surface area (Å²) in [5.41, 5.74) is 1.62. The minimum atomic E-state index is -0.862. The van der Waals surface area contributed by atoms with Crippen molar-refractivity contribution in [2.24, 2.45) is 0 Å². The van der Waals surface area contributed by atoms with Gasteiger partial charge in [0, 0.05) is 10.6 Å². The fourth-order valence-electron chi connectivity index (χ4n) is 3.43. The fourth-order valence-corrected chi connectivity index (χ4v) is 4.42. The summed E-state index contributed by atoms with van der Waals surface area (Å²) in [6.07, 6.45) is -2.65. The third-order valence-electron chi connectivity index (χ3n) is 4.79. The maximum atomic E-state index is 12.8. The molecule has 8 nitrogen and oxygen atoms in total. The summed E-state index contributed by atoms with van der Waals surface area (Å²) in [6, 6.07) is 17.2. The van der Waals surface area contributed by atoms with Crippen molar-refractivity contribution < 1.29 is 28.9 Å². The van der Waals surface area contributed by atoms with Gasteiger partial charge in [-0.15, -0.1) is 21.9 Å². The Kier molecular flexibility index (Phi) is 5.98. The molecule has 29 heavy (non-hydrogen) atoms. The van der Waals surface area contributed by atoms with Crippen LogP contribution in [0.25, 0.3) is 0 Å². The molecule has 2 fully saturated rings. The number of hydrogen-bond acceptors (Lipinski definition) is 8. The zero-order valence-corrected chi connectivity index (χ0v) is 16.2. The van der Waals surface area contributed by atoms with Crippen molar-refractivity contribution in [1.82, 2.24) is 0 Å². The molecule has 0 bridgehead atoms. The SMILES string of the molecule is O=C(O[C@@H]1CO[C@H]2[C@@H]1OC[C@@H]2O[N+](=O)[O-])c1ccccc1SCc1ccccc1. The molecule has 0 aliphatic carbocycles. The first-order chi connectivity index (χ1) is 14.1. The lowest BCUT2D eigenvalue weighted by Crippen LogP contribution is -2.35. The van der Waals surface area contributed by atoms with E-state index in [-0.39, 0.29) is 13.2 Å². The summed E-state index contributed by atoms with van der Waals surface area (Å²) in [6.45, 7) is 0.131. The van der Waals surface area contributed by atoms with Gasteiger partial charge >= 0.3 is 5.97 Å². The number of ether oxygens (including phenoxy) is 3. The highest BCUT2D eigenvalue weighted by atomic mass is 32.2. The molecule has 0 amide bonds. The Labute approximate surface area is 171 Å². The van der Waals surface area contributed by atoms with Crippen molar-refractivity contribution in [1.29, 1.82) is 0 Å². The Bertz CT molecular complexity index is 878. The van der Waals surface area contributed by atoms with Crippen molar-refractivity contribution in [2.45, 2.75) is 35.1 Å². The highest BCUT2D eigenvalue weighted by Crippen LogP contribution is 2.32. The third-order valence-corrected chi connectivity index (χ3v) is 5.93. The Balaban J connectivity index is 1.40. The van der Waals surface area contributed by atoms with Crippen LogP contribution >= 0.6 is 11.8 Å². The van der Waals surface area contributed by atoms with Crippen LogP contribution in [0.2, 0.25) is 0 Å². The minimum Gasteiger partial charge on any atom is -0.453 e. The minimum absolute atomic E-state index is 0.0217. The molecule has 9 heteroatoms. The molecule has 0 unspecified atom stereocenters. The van der Waals surface area contributed by atoms with Gasteiger partial charge in [0.2, 0.25) is 0 Å². The van der Waals surface area contributed by atoms with Crippen LogP contribution < -0.4 is 0 Å². The van der Waals surface area contributed by atoms with Crippen molar-refractivity contribution in [3.63, 3.8) is 0 Å². The summed E-state index contributed by atoms with van der Waals surface area (Å²) in [4.78, 5) is 28.8. The molecule has 2 aliphatic rings. The van der Waals surface area contributed by atoms with Crippen LogP contribution in [0.15, 0.2) is 59.5 Å². The predicted octanol–water partition coefficient (Wildman–Crippen LogP) is 2.88. The second kappa shape index (κ2) is 8.81. The highest BCUT2D eigenvalue weighted by molar-refractivity contribution is 7.98. The number of benzene rings is 2. The van der Waals surface area contributed by atoms with Crippen LogP contribution in [0, 0.1) is 10.1 Å². The first-order valence-electron chi connectivity index (χ1n) is 9.13. The molecule has 0 radical (unpaired) electrons. The van der Waals surface area contributed by atoms with Gasteiger partial charge in [-0.05, 0) is 17.7 Å². The van der Waals surface area contributed by atoms with Crippen LogP contribution in [-0.4, -0.2) is 48.7 Å². The molecule has 2 heterocycles. The van der Waals surface area contributed by atoms with Crippen molar-refractivity contribution >= 4 is 17.7 Å². The van der Waals surface area contributed by atoms with Gasteiger partial charge in [-0.2, -0.15) is 0 Å². The van der Waals surface area contributed by atoms with E-state index >= 15 is 0 Å². The Morgan fingerprint density at radius 3 is 2.45 bits per heavy atom. The smallest absolute Gasteiger partial charge is 0.339 e. The second-order valence-electron chi connectivity index (χ2n) is 6.68. The van der Waals surface area contributed by atoms with Gasteiger partial charge < -0.3 is 19.0 Å². The zero-order valence-electron chi connectivity index (χ0n) is 15.3. The monoisotopic (exact) mass is 417 g/mol. The van der Waals surface area contributed by atoms with Gasteiger partial charge in [0.05, 0.1) is 18.8 Å². The molecule has 2 aromatic carbocycles. The molecular formula is C20H19NO7S. The van der Waals surface area contributed by atoms with E-state index in [0.29, 0.717) is 5.56 Å². The van der Waals surface area contributed by atoms with Crippen LogP contribution in [0.3, 0.4) is 0 Å². The molecule has 0 saturated carbocycles. The van der Waals surface area contributed by atoms with E-state index in [1.165, 1.54) is 0 Å². The van der Waals surface area contributed by atoms with E-state index in [2.05, 4.69) is 4.84 Å². The number of esters is 1. The fraction of sp³-hybridized carbons (Fsp3) is 0.350. The Morgan fingerprint density at radius 2 is 1.69 bits per heavy atom. The number of fused-ring (bicyclic) bond motifs is 1. The molecule has 4 rings (SSSR count). The summed E-state index contributed by atoms with van der Waals surface area (Å²) < 4.78 is 16.7. The van der Waals surface area contributed by atoms with Crippen LogP contribution in [0.1, 0.15) is 15.9 Å². The molecule has 0 aromatic heterocycles. The number of carbonyl (C=O) groups excluding carboxylic acids is 1. The third kappa shape index (κ3) is 4.52. The average Bonchev–Trinajstić information content (AvgIpc) is 3.30. The summed E-state index contributed by atoms with van der Waals surface area (Å²) >= 11 is 1.55. The molecule has 152 valence electrons. The number of nitrogens with zero attached hydrogens (tertiary/aromatic N) is 1. The molecule has 2 aliphatic heterocycles. The van der Waals surface area contributed by atoms with Gasteiger partial charge in [0.25, 0.3) is 5.09 Å². The molecular weight excluding hydrogens is 398 g/mol. The summed E-state index contributed by atoms with van der Waals surface area (Å²) in [5.74, 6) is 0.253. The molecule has 2 saturated heterocycles. The predicted molar refractivity (Wildman–Crippen MR) is 103 cm³/mol. The van der Waals surface area contributed by atoms with Gasteiger partial charge in [0.1, 0.15) is 12.2 Å². The highest BCUT2D eigenvalue weighted by Gasteiger charge is 2.51. The average molecular weight is 417 g/mol. The number of thioether (sulfide) groups is 1. The standard InChI is InChI=1S/C20H19NO7S/c22-20(27-15-10-25-19-16(28-21(23)24)11-26-18(15)19)14-8-4-5-9-17(14)29-12-13-6-2-1-3-7-13/h1-9,15-16,18-19H,10-12H2/t15-,16+,18-,19-/m1/s1. The van der Waals surface area contributed by atoms with Crippen LogP contribution in [0.5, 0.6) is 0 Å². The van der Waals surface area contributed by atoms with E-state index in [1.54, 1.807) is 23.9 Å². The lowest BCUT2D eigenvalue weighted by atomic mass is 10.1. The Hall–Kier alpha value is -2.62. The maximum absolute atomic E-state index is 12.8.